The minimum Gasteiger partial charge on any atom is -0.368 e. The monoisotopic (exact) mass is 332 g/mol. The van der Waals surface area contributed by atoms with Gasteiger partial charge in [0.25, 0.3) is 0 Å². The zero-order chi connectivity index (χ0) is 17.3. The van der Waals surface area contributed by atoms with Crippen LogP contribution in [0, 0.1) is 0 Å². The zero-order valence-electron chi connectivity index (χ0n) is 15.4. The Morgan fingerprint density at radius 1 is 1.33 bits per heavy atom. The maximum absolute atomic E-state index is 5.95. The van der Waals surface area contributed by atoms with Crippen molar-refractivity contribution < 1.29 is 4.74 Å². The first kappa shape index (κ1) is 17.1. The van der Waals surface area contributed by atoms with Crippen LogP contribution in [0.1, 0.15) is 50.9 Å². The molecule has 0 aliphatic carbocycles. The molecule has 0 amide bonds. The van der Waals surface area contributed by atoms with Crippen LogP contribution in [-0.4, -0.2) is 49.1 Å². The van der Waals surface area contributed by atoms with Crippen LogP contribution in [0.2, 0.25) is 0 Å². The molecule has 24 heavy (non-hydrogen) atoms. The zero-order valence-corrected chi connectivity index (χ0v) is 15.4. The number of morpholine rings is 1. The molecule has 2 aromatic rings. The fraction of sp³-hybridized carbons (Fsp3) is 0.706. The molecule has 1 fully saturated rings. The molecule has 1 atom stereocenters. The summed E-state index contributed by atoms with van der Waals surface area (Å²) in [5.41, 5.74) is 2.51. The molecule has 1 aliphatic heterocycles. The lowest BCUT2D eigenvalue weighted by Crippen LogP contribution is -2.39. The second kappa shape index (κ2) is 6.64. The van der Waals surface area contributed by atoms with Gasteiger partial charge in [0.15, 0.2) is 5.82 Å². The molecule has 0 radical (unpaired) electrons. The molecule has 0 aromatic carbocycles. The molecule has 1 aliphatic rings. The van der Waals surface area contributed by atoms with Crippen molar-refractivity contribution in [2.24, 2.45) is 7.05 Å². The van der Waals surface area contributed by atoms with Crippen molar-refractivity contribution in [2.45, 2.75) is 52.3 Å². The van der Waals surface area contributed by atoms with Gasteiger partial charge in [-0.05, 0) is 6.92 Å². The first-order valence-electron chi connectivity index (χ1n) is 8.63. The Balaban J connectivity index is 1.75. The van der Waals surface area contributed by atoms with Gasteiger partial charge in [-0.15, -0.1) is 10.2 Å². The molecule has 7 heteroatoms. The van der Waals surface area contributed by atoms with Crippen LogP contribution in [0.5, 0.6) is 0 Å². The van der Waals surface area contributed by atoms with E-state index in [-0.39, 0.29) is 11.5 Å². The topological polar surface area (TPSA) is 61.0 Å². The van der Waals surface area contributed by atoms with Crippen molar-refractivity contribution in [3.05, 3.63) is 29.6 Å². The molecule has 0 spiro atoms. The number of hydrogen-bond acceptors (Lipinski definition) is 5. The van der Waals surface area contributed by atoms with Gasteiger partial charge in [-0.2, -0.15) is 5.10 Å². The summed E-state index contributed by atoms with van der Waals surface area (Å²) in [5.74, 6) is 0.921. The number of nitrogens with zero attached hydrogens (tertiary/aromatic N) is 6. The average molecular weight is 332 g/mol. The summed E-state index contributed by atoms with van der Waals surface area (Å²) < 4.78 is 9.92. The van der Waals surface area contributed by atoms with Crippen LogP contribution in [0.4, 0.5) is 0 Å². The van der Waals surface area contributed by atoms with E-state index in [1.54, 1.807) is 6.33 Å². The molecule has 1 saturated heterocycles. The third-order valence-corrected chi connectivity index (χ3v) is 4.43. The lowest BCUT2D eigenvalue weighted by molar-refractivity contribution is -0.0390. The molecule has 0 N–H and O–H groups in total. The summed E-state index contributed by atoms with van der Waals surface area (Å²) in [7, 11) is 1.99. The van der Waals surface area contributed by atoms with Crippen LogP contribution >= 0.6 is 0 Å². The third kappa shape index (κ3) is 3.52. The summed E-state index contributed by atoms with van der Waals surface area (Å²) in [6.07, 6.45) is 3.90. The van der Waals surface area contributed by atoms with Crippen molar-refractivity contribution in [3.8, 4) is 0 Å². The summed E-state index contributed by atoms with van der Waals surface area (Å²) in [4.78, 5) is 2.43. The first-order chi connectivity index (χ1) is 11.4. The third-order valence-electron chi connectivity index (χ3n) is 4.43. The van der Waals surface area contributed by atoms with Crippen LogP contribution in [0.3, 0.4) is 0 Å². The van der Waals surface area contributed by atoms with E-state index in [9.17, 15) is 0 Å². The number of hydrogen-bond donors (Lipinski definition) is 0. The normalized spacial score (nSPS) is 19.8. The molecule has 7 nitrogen and oxygen atoms in total. The van der Waals surface area contributed by atoms with Crippen LogP contribution in [0.25, 0.3) is 0 Å². The minimum atomic E-state index is -0.0176. The van der Waals surface area contributed by atoms with Crippen molar-refractivity contribution in [2.75, 3.05) is 19.7 Å². The number of rotatable bonds is 4. The Morgan fingerprint density at radius 2 is 2.12 bits per heavy atom. The van der Waals surface area contributed by atoms with E-state index < -0.39 is 0 Å². The highest BCUT2D eigenvalue weighted by Gasteiger charge is 2.28. The highest BCUT2D eigenvalue weighted by Crippen LogP contribution is 2.27. The molecular formula is C17H28N6O. The predicted molar refractivity (Wildman–Crippen MR) is 91.6 cm³/mol. The van der Waals surface area contributed by atoms with Crippen molar-refractivity contribution >= 4 is 0 Å². The summed E-state index contributed by atoms with van der Waals surface area (Å²) >= 11 is 0. The van der Waals surface area contributed by atoms with Gasteiger partial charge in [0.2, 0.25) is 0 Å². The van der Waals surface area contributed by atoms with E-state index in [2.05, 4.69) is 58.7 Å². The molecule has 0 saturated carbocycles. The second-order valence-electron chi connectivity index (χ2n) is 7.50. The largest absolute Gasteiger partial charge is 0.368 e. The van der Waals surface area contributed by atoms with Gasteiger partial charge in [-0.1, -0.05) is 20.8 Å². The molecule has 0 unspecified atom stereocenters. The fourth-order valence-corrected chi connectivity index (χ4v) is 3.29. The van der Waals surface area contributed by atoms with E-state index in [0.717, 1.165) is 32.0 Å². The van der Waals surface area contributed by atoms with Gasteiger partial charge in [0.1, 0.15) is 12.4 Å². The molecule has 3 heterocycles. The van der Waals surface area contributed by atoms with Crippen molar-refractivity contribution in [3.63, 3.8) is 0 Å². The van der Waals surface area contributed by atoms with Crippen LogP contribution in [0.15, 0.2) is 12.5 Å². The molecule has 132 valence electrons. The Kier molecular flexibility index (Phi) is 4.73. The van der Waals surface area contributed by atoms with E-state index in [1.807, 2.05) is 11.7 Å². The van der Waals surface area contributed by atoms with Gasteiger partial charge in [-0.3, -0.25) is 9.58 Å². The van der Waals surface area contributed by atoms with Gasteiger partial charge in [-0.25, -0.2) is 0 Å². The summed E-state index contributed by atoms with van der Waals surface area (Å²) in [5, 5.41) is 13.0. The standard InChI is InChI=1S/C17H28N6O/c1-6-23-12-18-19-16(23)14-11-22(7-8-24-14)10-13-9-21(5)20-15(13)17(2,3)4/h9,12,14H,6-8,10-11H2,1-5H3/t14-/m0/s1. The maximum atomic E-state index is 5.95. The smallest absolute Gasteiger partial charge is 0.163 e. The summed E-state index contributed by atoms with van der Waals surface area (Å²) in [6, 6.07) is 0. The van der Waals surface area contributed by atoms with Crippen LogP contribution < -0.4 is 0 Å². The SMILES string of the molecule is CCn1cnnc1[C@@H]1CN(Cc2cn(C)nc2C(C)(C)C)CCO1. The van der Waals surface area contributed by atoms with Crippen molar-refractivity contribution in [1.82, 2.24) is 29.4 Å². The lowest BCUT2D eigenvalue weighted by Gasteiger charge is -2.32. The van der Waals surface area contributed by atoms with Crippen LogP contribution in [-0.2, 0) is 30.3 Å². The molecular weight excluding hydrogens is 304 g/mol. The summed E-state index contributed by atoms with van der Waals surface area (Å²) in [6.45, 7) is 13.0. The Labute approximate surface area is 143 Å². The maximum Gasteiger partial charge on any atom is 0.163 e. The Hall–Kier alpha value is -1.73. The molecule has 2 aromatic heterocycles. The fourth-order valence-electron chi connectivity index (χ4n) is 3.29. The highest BCUT2D eigenvalue weighted by molar-refractivity contribution is 5.24. The van der Waals surface area contributed by atoms with E-state index in [0.29, 0.717) is 6.61 Å². The lowest BCUT2D eigenvalue weighted by atomic mass is 9.89. The van der Waals surface area contributed by atoms with E-state index in [1.165, 1.54) is 11.3 Å². The van der Waals surface area contributed by atoms with E-state index in [4.69, 9.17) is 4.74 Å². The van der Waals surface area contributed by atoms with Gasteiger partial charge in [0, 0.05) is 50.4 Å². The molecule has 0 bridgehead atoms. The van der Waals surface area contributed by atoms with Gasteiger partial charge >= 0.3 is 0 Å². The number of ether oxygens (including phenoxy) is 1. The van der Waals surface area contributed by atoms with E-state index >= 15 is 0 Å². The number of aromatic nitrogens is 5. The first-order valence-corrected chi connectivity index (χ1v) is 8.63. The Morgan fingerprint density at radius 3 is 2.83 bits per heavy atom. The van der Waals surface area contributed by atoms with Gasteiger partial charge < -0.3 is 9.30 Å². The predicted octanol–water partition coefficient (Wildman–Crippen LogP) is 1.90. The van der Waals surface area contributed by atoms with Gasteiger partial charge in [0.05, 0.1) is 12.3 Å². The highest BCUT2D eigenvalue weighted by atomic mass is 16.5. The Bertz CT molecular complexity index is 684. The minimum absolute atomic E-state index is 0.0176. The quantitative estimate of drug-likeness (QED) is 0.856. The second-order valence-corrected chi connectivity index (χ2v) is 7.50. The molecule has 3 rings (SSSR count). The van der Waals surface area contributed by atoms with Crippen molar-refractivity contribution in [1.29, 1.82) is 0 Å². The number of aryl methyl sites for hydroxylation is 2. The average Bonchev–Trinajstić information content (AvgIpc) is 3.13.